The van der Waals surface area contributed by atoms with Crippen molar-refractivity contribution in [3.8, 4) is 0 Å². The van der Waals surface area contributed by atoms with Gasteiger partial charge in [-0.2, -0.15) is 8.42 Å². The molecule has 0 aromatic rings. The smallest absolute Gasteiger partial charge is 0.279 e. The molecule has 0 saturated heterocycles. The van der Waals surface area contributed by atoms with E-state index in [1.165, 1.54) is 25.2 Å². The van der Waals surface area contributed by atoms with Crippen molar-refractivity contribution in [3.63, 3.8) is 0 Å². The van der Waals surface area contributed by atoms with Crippen molar-refractivity contribution < 1.29 is 13.0 Å². The second-order valence-electron chi connectivity index (χ2n) is 3.03. The van der Waals surface area contributed by atoms with E-state index in [0.717, 1.165) is 0 Å². The molecule has 0 bridgehead atoms. The van der Waals surface area contributed by atoms with E-state index in [1.54, 1.807) is 0 Å². The van der Waals surface area contributed by atoms with Crippen LogP contribution in [0.5, 0.6) is 0 Å². The summed E-state index contributed by atoms with van der Waals surface area (Å²) in [5, 5.41) is 0.0185. The Hall–Kier alpha value is -0.360. The molecule has 0 heterocycles. The Morgan fingerprint density at radius 2 is 2.23 bits per heavy atom. The molecule has 74 valence electrons. The Kier molecular flexibility index (Phi) is 2.55. The topological polar surface area (TPSA) is 80.4 Å². The maximum Gasteiger partial charge on any atom is 0.279 e. The van der Waals surface area contributed by atoms with Crippen LogP contribution in [0, 0.1) is 0 Å². The lowest BCUT2D eigenvalue weighted by molar-refractivity contribution is 0.464. The van der Waals surface area contributed by atoms with Crippen LogP contribution in [-0.4, -0.2) is 23.8 Å². The average Bonchev–Trinajstić information content (AvgIpc) is 1.95. The Bertz CT molecular complexity index is 373. The first kappa shape index (κ1) is 10.7. The van der Waals surface area contributed by atoms with Gasteiger partial charge in [-0.25, -0.2) is 0 Å². The van der Waals surface area contributed by atoms with Gasteiger partial charge in [-0.15, -0.1) is 0 Å². The summed E-state index contributed by atoms with van der Waals surface area (Å²) in [4.78, 5) is 0. The third kappa shape index (κ3) is 1.78. The van der Waals surface area contributed by atoms with E-state index in [9.17, 15) is 8.42 Å². The minimum absolute atomic E-state index is 0.0185. The molecular weight excluding hydrogens is 214 g/mol. The summed E-state index contributed by atoms with van der Waals surface area (Å²) < 4.78 is 29.3. The van der Waals surface area contributed by atoms with Gasteiger partial charge >= 0.3 is 0 Å². The summed E-state index contributed by atoms with van der Waals surface area (Å²) in [5.41, 5.74) is 5.47. The standard InChI is InChI=1S/C7H10ClNO3S/c1-7(13(10,11)12)3-2-5(9)4-6(7)8/h2-5H,9H2,1H3,(H,10,11,12). The monoisotopic (exact) mass is 223 g/mol. The van der Waals surface area contributed by atoms with Gasteiger partial charge in [0.05, 0.1) is 0 Å². The summed E-state index contributed by atoms with van der Waals surface area (Å²) in [6.07, 6.45) is 4.14. The second-order valence-corrected chi connectivity index (χ2v) is 5.24. The highest BCUT2D eigenvalue weighted by Crippen LogP contribution is 2.33. The van der Waals surface area contributed by atoms with Gasteiger partial charge in [-0.1, -0.05) is 23.8 Å². The van der Waals surface area contributed by atoms with Crippen LogP contribution in [0.1, 0.15) is 6.92 Å². The SMILES string of the molecule is CC1(S(=O)(=O)O)C=CC(N)C=C1Cl. The molecule has 2 atom stereocenters. The molecular formula is C7H10ClNO3S. The van der Waals surface area contributed by atoms with Crippen LogP contribution in [0.15, 0.2) is 23.3 Å². The number of hydrogen-bond donors (Lipinski definition) is 2. The van der Waals surface area contributed by atoms with E-state index in [4.69, 9.17) is 21.9 Å². The molecule has 0 aromatic carbocycles. The summed E-state index contributed by atoms with van der Waals surface area (Å²) in [5.74, 6) is 0. The quantitative estimate of drug-likeness (QED) is 0.505. The van der Waals surface area contributed by atoms with E-state index >= 15 is 0 Å². The van der Waals surface area contributed by atoms with E-state index in [-0.39, 0.29) is 5.03 Å². The van der Waals surface area contributed by atoms with Gasteiger partial charge in [0.1, 0.15) is 4.75 Å². The summed E-state index contributed by atoms with van der Waals surface area (Å²) in [6.45, 7) is 1.31. The molecule has 0 spiro atoms. The zero-order chi connectivity index (χ0) is 10.3. The van der Waals surface area contributed by atoms with E-state index in [1.807, 2.05) is 0 Å². The molecule has 0 radical (unpaired) electrons. The lowest BCUT2D eigenvalue weighted by Crippen LogP contribution is -2.37. The van der Waals surface area contributed by atoms with Crippen LogP contribution in [0.25, 0.3) is 0 Å². The third-order valence-corrected chi connectivity index (χ3v) is 4.04. The highest BCUT2D eigenvalue weighted by atomic mass is 35.5. The van der Waals surface area contributed by atoms with Gasteiger partial charge < -0.3 is 5.73 Å². The maximum absolute atomic E-state index is 11.0. The zero-order valence-corrected chi connectivity index (χ0v) is 8.51. The Labute approximate surface area is 81.8 Å². The number of hydrogen-bond acceptors (Lipinski definition) is 3. The minimum Gasteiger partial charge on any atom is -0.321 e. The first-order chi connectivity index (χ1) is 5.77. The molecule has 0 aliphatic heterocycles. The van der Waals surface area contributed by atoms with Gasteiger partial charge in [0.25, 0.3) is 10.1 Å². The largest absolute Gasteiger partial charge is 0.321 e. The Balaban J connectivity index is 3.22. The van der Waals surface area contributed by atoms with Gasteiger partial charge in [0.15, 0.2) is 0 Å². The summed E-state index contributed by atoms with van der Waals surface area (Å²) >= 11 is 5.69. The van der Waals surface area contributed by atoms with E-state index in [0.29, 0.717) is 0 Å². The molecule has 4 nitrogen and oxygen atoms in total. The number of nitrogens with two attached hydrogens (primary N) is 1. The Morgan fingerprint density at radius 1 is 1.69 bits per heavy atom. The summed E-state index contributed by atoms with van der Waals surface area (Å²) in [7, 11) is -4.24. The highest BCUT2D eigenvalue weighted by molar-refractivity contribution is 7.87. The fourth-order valence-corrected chi connectivity index (χ4v) is 2.04. The van der Waals surface area contributed by atoms with Crippen molar-refractivity contribution in [3.05, 3.63) is 23.3 Å². The number of halogens is 1. The highest BCUT2D eigenvalue weighted by Gasteiger charge is 2.40. The molecule has 1 aliphatic carbocycles. The minimum atomic E-state index is -4.24. The molecule has 0 fully saturated rings. The molecule has 1 rings (SSSR count). The van der Waals surface area contributed by atoms with Crippen LogP contribution in [0.2, 0.25) is 0 Å². The van der Waals surface area contributed by atoms with Gasteiger partial charge in [-0.3, -0.25) is 4.55 Å². The number of rotatable bonds is 1. The molecule has 3 N–H and O–H groups in total. The Morgan fingerprint density at radius 3 is 2.62 bits per heavy atom. The van der Waals surface area contributed by atoms with Crippen molar-refractivity contribution in [1.82, 2.24) is 0 Å². The van der Waals surface area contributed by atoms with Crippen LogP contribution >= 0.6 is 11.6 Å². The average molecular weight is 224 g/mol. The fourth-order valence-electron chi connectivity index (χ4n) is 0.974. The van der Waals surface area contributed by atoms with Gasteiger partial charge in [-0.05, 0) is 13.0 Å². The predicted molar refractivity (Wildman–Crippen MR) is 51.0 cm³/mol. The zero-order valence-electron chi connectivity index (χ0n) is 6.94. The van der Waals surface area contributed by atoms with Crippen LogP contribution in [0.3, 0.4) is 0 Å². The van der Waals surface area contributed by atoms with E-state index in [2.05, 4.69) is 0 Å². The molecule has 0 saturated carbocycles. The lowest BCUT2D eigenvalue weighted by Gasteiger charge is -2.25. The maximum atomic E-state index is 11.0. The van der Waals surface area contributed by atoms with Gasteiger partial charge in [0, 0.05) is 11.1 Å². The van der Waals surface area contributed by atoms with Crippen molar-refractivity contribution >= 4 is 21.7 Å². The van der Waals surface area contributed by atoms with E-state index < -0.39 is 20.9 Å². The van der Waals surface area contributed by atoms with Crippen molar-refractivity contribution in [1.29, 1.82) is 0 Å². The molecule has 13 heavy (non-hydrogen) atoms. The normalized spacial score (nSPS) is 34.5. The first-order valence-corrected chi connectivity index (χ1v) is 5.39. The molecule has 2 unspecified atom stereocenters. The van der Waals surface area contributed by atoms with Crippen molar-refractivity contribution in [2.24, 2.45) is 5.73 Å². The molecule has 0 aromatic heterocycles. The van der Waals surface area contributed by atoms with Crippen LogP contribution in [-0.2, 0) is 10.1 Å². The molecule has 1 aliphatic rings. The van der Waals surface area contributed by atoms with Crippen molar-refractivity contribution in [2.45, 2.75) is 17.7 Å². The second kappa shape index (κ2) is 3.09. The molecule has 0 amide bonds. The predicted octanol–water partition coefficient (Wildman–Crippen LogP) is 0.653. The third-order valence-electron chi connectivity index (χ3n) is 1.99. The first-order valence-electron chi connectivity index (χ1n) is 3.57. The van der Waals surface area contributed by atoms with Crippen molar-refractivity contribution in [2.75, 3.05) is 0 Å². The van der Waals surface area contributed by atoms with Crippen LogP contribution < -0.4 is 5.73 Å². The van der Waals surface area contributed by atoms with Crippen LogP contribution in [0.4, 0.5) is 0 Å². The summed E-state index contributed by atoms with van der Waals surface area (Å²) in [6, 6.07) is -0.401. The molecule has 6 heteroatoms. The lowest BCUT2D eigenvalue weighted by atomic mass is 10.0. The van der Waals surface area contributed by atoms with Gasteiger partial charge in [0.2, 0.25) is 0 Å². The fraction of sp³-hybridized carbons (Fsp3) is 0.429.